The number of hydrogen-bond donors (Lipinski definition) is 1. The first-order chi connectivity index (χ1) is 19.6. The Hall–Kier alpha value is -5.16. The second-order valence-corrected chi connectivity index (χ2v) is 9.44. The van der Waals surface area contributed by atoms with Crippen molar-refractivity contribution in [3.63, 3.8) is 0 Å². The Morgan fingerprint density at radius 3 is 2.35 bits per heavy atom. The van der Waals surface area contributed by atoms with Gasteiger partial charge in [-0.2, -0.15) is 5.10 Å². The molecule has 1 aromatic heterocycles. The van der Waals surface area contributed by atoms with Crippen LogP contribution in [0.25, 0.3) is 16.9 Å². The number of ether oxygens (including phenoxy) is 1. The molecule has 5 nitrogen and oxygen atoms in total. The summed E-state index contributed by atoms with van der Waals surface area (Å²) in [7, 11) is 0. The Balaban J connectivity index is 1.24. The van der Waals surface area contributed by atoms with Crippen molar-refractivity contribution in [3.05, 3.63) is 156 Å². The SMILES string of the molecule is C=CCc1cc(/C=N/NC(=O)c2ccc(-n3c(C)ccc3-c3ccccc3)cc2)ccc1OCc1ccccc1. The zero-order valence-corrected chi connectivity index (χ0v) is 22.5. The van der Waals surface area contributed by atoms with E-state index in [0.29, 0.717) is 18.6 Å². The molecule has 40 heavy (non-hydrogen) atoms. The number of aryl methyl sites for hydroxylation is 1. The van der Waals surface area contributed by atoms with E-state index in [1.54, 1.807) is 6.21 Å². The number of amides is 1. The van der Waals surface area contributed by atoms with Gasteiger partial charge in [0.2, 0.25) is 0 Å². The molecule has 5 heteroatoms. The molecule has 198 valence electrons. The Bertz CT molecular complexity index is 1620. The molecule has 0 spiro atoms. The molecule has 0 atom stereocenters. The van der Waals surface area contributed by atoms with E-state index in [2.05, 4.69) is 52.9 Å². The van der Waals surface area contributed by atoms with Crippen LogP contribution in [0.3, 0.4) is 0 Å². The van der Waals surface area contributed by atoms with Crippen molar-refractivity contribution in [1.82, 2.24) is 9.99 Å². The van der Waals surface area contributed by atoms with E-state index in [1.165, 1.54) is 0 Å². The van der Waals surface area contributed by atoms with Gasteiger partial charge in [-0.15, -0.1) is 6.58 Å². The summed E-state index contributed by atoms with van der Waals surface area (Å²) < 4.78 is 8.23. The Kier molecular flexibility index (Phi) is 8.32. The number of hydrogen-bond acceptors (Lipinski definition) is 3. The van der Waals surface area contributed by atoms with Crippen LogP contribution in [-0.2, 0) is 13.0 Å². The molecule has 0 aliphatic heterocycles. The van der Waals surface area contributed by atoms with E-state index < -0.39 is 0 Å². The van der Waals surface area contributed by atoms with Gasteiger partial charge in [-0.3, -0.25) is 4.79 Å². The van der Waals surface area contributed by atoms with Crippen molar-refractivity contribution in [3.8, 4) is 22.7 Å². The zero-order chi connectivity index (χ0) is 27.7. The molecule has 0 aliphatic rings. The van der Waals surface area contributed by atoms with Gasteiger partial charge in [-0.1, -0.05) is 66.7 Å². The van der Waals surface area contributed by atoms with Crippen molar-refractivity contribution in [2.75, 3.05) is 0 Å². The van der Waals surface area contributed by atoms with Crippen LogP contribution in [0.1, 0.15) is 32.7 Å². The van der Waals surface area contributed by atoms with Gasteiger partial charge in [0.25, 0.3) is 5.91 Å². The van der Waals surface area contributed by atoms with Crippen LogP contribution in [-0.4, -0.2) is 16.7 Å². The third-order valence-electron chi connectivity index (χ3n) is 6.60. The van der Waals surface area contributed by atoms with Crippen LogP contribution in [0.15, 0.2) is 133 Å². The predicted molar refractivity (Wildman–Crippen MR) is 162 cm³/mol. The van der Waals surface area contributed by atoms with E-state index in [0.717, 1.165) is 45.1 Å². The average Bonchev–Trinajstić information content (AvgIpc) is 3.39. The Morgan fingerprint density at radius 2 is 1.62 bits per heavy atom. The van der Waals surface area contributed by atoms with Crippen LogP contribution < -0.4 is 10.2 Å². The lowest BCUT2D eigenvalue weighted by Crippen LogP contribution is -2.17. The van der Waals surface area contributed by atoms with Gasteiger partial charge in [0, 0.05) is 16.9 Å². The summed E-state index contributed by atoms with van der Waals surface area (Å²) in [6.07, 6.45) is 4.14. The number of allylic oxidation sites excluding steroid dienone is 1. The van der Waals surface area contributed by atoms with Crippen LogP contribution in [0, 0.1) is 6.92 Å². The van der Waals surface area contributed by atoms with Gasteiger partial charge >= 0.3 is 0 Å². The molecule has 0 fully saturated rings. The standard InChI is InChI=1S/C35H31N3O2/c1-3-10-31-23-28(16-22-34(31)40-25-27-11-6-4-7-12-27)24-36-37-35(39)30-17-19-32(20-18-30)38-26(2)15-21-33(38)29-13-8-5-9-14-29/h3-9,11-24H,1,10,25H2,2H3,(H,37,39)/b36-24+. The predicted octanol–water partition coefficient (Wildman–Crippen LogP) is 7.52. The van der Waals surface area contributed by atoms with E-state index in [9.17, 15) is 4.79 Å². The molecule has 1 heterocycles. The van der Waals surface area contributed by atoms with Gasteiger partial charge in [0.15, 0.2) is 0 Å². The summed E-state index contributed by atoms with van der Waals surface area (Å²) in [6, 6.07) is 37.9. The largest absolute Gasteiger partial charge is 0.489 e. The molecule has 1 amide bonds. The first-order valence-electron chi connectivity index (χ1n) is 13.2. The normalized spacial score (nSPS) is 10.9. The monoisotopic (exact) mass is 525 g/mol. The van der Waals surface area contributed by atoms with Crippen molar-refractivity contribution in [2.45, 2.75) is 20.0 Å². The van der Waals surface area contributed by atoms with Gasteiger partial charge in [-0.25, -0.2) is 5.43 Å². The van der Waals surface area contributed by atoms with Crippen molar-refractivity contribution in [1.29, 1.82) is 0 Å². The highest BCUT2D eigenvalue weighted by atomic mass is 16.5. The number of nitrogens with one attached hydrogen (secondary N) is 1. The maximum absolute atomic E-state index is 12.8. The van der Waals surface area contributed by atoms with Gasteiger partial charge in [-0.05, 0) is 90.2 Å². The molecule has 1 N–H and O–H groups in total. The van der Waals surface area contributed by atoms with Gasteiger partial charge in [0.1, 0.15) is 12.4 Å². The fraction of sp³-hybridized carbons (Fsp3) is 0.0857. The number of carbonyl (C=O) groups excluding carboxylic acids is 1. The number of nitrogens with zero attached hydrogens (tertiary/aromatic N) is 2. The molecule has 0 aliphatic carbocycles. The quantitative estimate of drug-likeness (QED) is 0.116. The van der Waals surface area contributed by atoms with Crippen molar-refractivity contribution < 1.29 is 9.53 Å². The van der Waals surface area contributed by atoms with Crippen LogP contribution in [0.5, 0.6) is 5.75 Å². The summed E-state index contributed by atoms with van der Waals surface area (Å²) in [4.78, 5) is 12.8. The first kappa shape index (κ1) is 26.4. The summed E-state index contributed by atoms with van der Waals surface area (Å²) in [5, 5.41) is 4.19. The minimum Gasteiger partial charge on any atom is -0.489 e. The number of carbonyl (C=O) groups is 1. The fourth-order valence-electron chi connectivity index (χ4n) is 4.58. The summed E-state index contributed by atoms with van der Waals surface area (Å²) in [5.41, 5.74) is 10.5. The topological polar surface area (TPSA) is 55.6 Å². The molecule has 0 saturated heterocycles. The smallest absolute Gasteiger partial charge is 0.271 e. The Labute approximate surface area is 235 Å². The molecule has 0 radical (unpaired) electrons. The second-order valence-electron chi connectivity index (χ2n) is 9.44. The number of hydrazone groups is 1. The third-order valence-corrected chi connectivity index (χ3v) is 6.60. The fourth-order valence-corrected chi connectivity index (χ4v) is 4.58. The maximum atomic E-state index is 12.8. The van der Waals surface area contributed by atoms with E-state index in [4.69, 9.17) is 4.74 Å². The molecule has 5 rings (SSSR count). The Morgan fingerprint density at radius 1 is 0.900 bits per heavy atom. The van der Waals surface area contributed by atoms with Crippen LogP contribution in [0.4, 0.5) is 0 Å². The minimum absolute atomic E-state index is 0.274. The lowest BCUT2D eigenvalue weighted by Gasteiger charge is -2.13. The molecular formula is C35H31N3O2. The highest BCUT2D eigenvalue weighted by molar-refractivity contribution is 5.95. The highest BCUT2D eigenvalue weighted by Crippen LogP contribution is 2.26. The number of benzene rings is 4. The van der Waals surface area contributed by atoms with Crippen molar-refractivity contribution >= 4 is 12.1 Å². The minimum atomic E-state index is -0.274. The molecule has 0 bridgehead atoms. The average molecular weight is 526 g/mol. The van der Waals surface area contributed by atoms with Gasteiger partial charge in [0.05, 0.1) is 11.9 Å². The highest BCUT2D eigenvalue weighted by Gasteiger charge is 2.11. The summed E-state index contributed by atoms with van der Waals surface area (Å²) in [6.45, 7) is 6.43. The summed E-state index contributed by atoms with van der Waals surface area (Å²) in [5.74, 6) is 0.530. The molecule has 5 aromatic rings. The maximum Gasteiger partial charge on any atom is 0.271 e. The first-order valence-corrected chi connectivity index (χ1v) is 13.2. The number of rotatable bonds is 10. The zero-order valence-electron chi connectivity index (χ0n) is 22.5. The molecule has 0 unspecified atom stereocenters. The van der Waals surface area contributed by atoms with E-state index in [-0.39, 0.29) is 5.91 Å². The lowest BCUT2D eigenvalue weighted by atomic mass is 10.1. The molecule has 0 saturated carbocycles. The van der Waals surface area contributed by atoms with Crippen LogP contribution >= 0.6 is 0 Å². The number of aromatic nitrogens is 1. The van der Waals surface area contributed by atoms with E-state index >= 15 is 0 Å². The summed E-state index contributed by atoms with van der Waals surface area (Å²) >= 11 is 0. The van der Waals surface area contributed by atoms with Gasteiger partial charge < -0.3 is 9.30 Å². The van der Waals surface area contributed by atoms with Crippen molar-refractivity contribution in [2.24, 2.45) is 5.10 Å². The second kappa shape index (κ2) is 12.6. The molecule has 4 aromatic carbocycles. The lowest BCUT2D eigenvalue weighted by molar-refractivity contribution is 0.0955. The third kappa shape index (κ3) is 6.27. The van der Waals surface area contributed by atoms with E-state index in [1.807, 2.05) is 97.1 Å². The van der Waals surface area contributed by atoms with Crippen LogP contribution in [0.2, 0.25) is 0 Å². The molecular weight excluding hydrogens is 494 g/mol.